The summed E-state index contributed by atoms with van der Waals surface area (Å²) in [5, 5.41) is 3.86. The number of allylic oxidation sites excluding steroid dienone is 3. The number of hydrogen-bond donors (Lipinski definition) is 2. The summed E-state index contributed by atoms with van der Waals surface area (Å²) in [6.45, 7) is 14.5. The maximum atomic E-state index is 13.3. The second-order valence-corrected chi connectivity index (χ2v) is 14.8. The number of amides is 2. The van der Waals surface area contributed by atoms with Gasteiger partial charge in [-0.2, -0.15) is 0 Å². The summed E-state index contributed by atoms with van der Waals surface area (Å²) < 4.78 is 13.1. The lowest BCUT2D eigenvalue weighted by Gasteiger charge is -2.37. The van der Waals surface area contributed by atoms with E-state index in [2.05, 4.69) is 50.6 Å². The van der Waals surface area contributed by atoms with Crippen LogP contribution in [0.2, 0.25) is 5.02 Å². The third-order valence-electron chi connectivity index (χ3n) is 9.30. The van der Waals surface area contributed by atoms with Crippen LogP contribution < -0.4 is 11.1 Å². The lowest BCUT2D eigenvalue weighted by atomic mass is 9.74. The maximum Gasteiger partial charge on any atom is 0.409 e. The molecule has 2 unspecified atom stereocenters. The Balaban J connectivity index is 1.61. The van der Waals surface area contributed by atoms with E-state index in [1.807, 2.05) is 40.8 Å². The van der Waals surface area contributed by atoms with E-state index in [0.717, 1.165) is 41.7 Å². The Bertz CT molecular complexity index is 1480. The number of methoxy groups -OCH3 is 1. The number of hydrogen-bond acceptors (Lipinski definition) is 6. The first-order chi connectivity index (χ1) is 22.3. The Morgan fingerprint density at radius 2 is 1.94 bits per heavy atom. The van der Waals surface area contributed by atoms with Crippen molar-refractivity contribution in [2.45, 2.75) is 83.8 Å². The molecule has 0 spiro atoms. The number of likely N-dealkylation sites (tertiary alicyclic amines) is 1. The number of nitrogens with two attached hydrogens (primary N) is 1. The van der Waals surface area contributed by atoms with E-state index in [1.165, 1.54) is 11.8 Å². The van der Waals surface area contributed by atoms with Gasteiger partial charge in [0.25, 0.3) is 5.91 Å². The molecular weight excluding hydrogens is 614 g/mol. The Labute approximate surface area is 285 Å². The average Bonchev–Trinajstić information content (AvgIpc) is 3.73. The van der Waals surface area contributed by atoms with Crippen molar-refractivity contribution in [2.24, 2.45) is 24.1 Å². The Kier molecular flexibility index (Phi) is 12.0. The molecule has 1 aliphatic carbocycles. The topological polar surface area (TPSA) is 112 Å². The first-order valence-corrected chi connectivity index (χ1v) is 16.9. The predicted octanol–water partition coefficient (Wildman–Crippen LogP) is 7.30. The monoisotopic (exact) mass is 665 g/mol. The molecule has 1 saturated carbocycles. The van der Waals surface area contributed by atoms with Crippen molar-refractivity contribution in [3.8, 4) is 0 Å². The molecule has 3 N–H and O–H groups in total. The molecule has 2 heterocycles. The molecule has 1 aliphatic heterocycles. The number of nitrogens with one attached hydrogen (secondary N) is 1. The van der Waals surface area contributed by atoms with E-state index < -0.39 is 5.60 Å². The van der Waals surface area contributed by atoms with Crippen molar-refractivity contribution >= 4 is 29.2 Å². The van der Waals surface area contributed by atoms with Crippen LogP contribution in [0.4, 0.5) is 4.79 Å². The van der Waals surface area contributed by atoms with Gasteiger partial charge < -0.3 is 30.0 Å². The standard InChI is InChI=1S/C37H52ClN5O4/c1-25(9-8-16-39)19-31(27-12-17-43(18-13-27)35(45)47-23-36(3,4)5)29-11-10-28(38)21-30(29)26(2)20-32(33-22-40-24-42(33)6)41-34(44)37(46-7)14-15-37/h8-11,16,21-22,24,27,31-32H,2,12-15,17-20,23,39H2,1,3-7H3,(H,41,44)/b16-8-,25-9-. The third kappa shape index (κ3) is 9.51. The summed E-state index contributed by atoms with van der Waals surface area (Å²) in [6.07, 6.45) is 13.1. The molecule has 2 aliphatic rings. The van der Waals surface area contributed by atoms with Gasteiger partial charge in [0, 0.05) is 32.3 Å². The second-order valence-electron chi connectivity index (χ2n) is 14.3. The number of aromatic nitrogens is 2. The zero-order chi connectivity index (χ0) is 34.4. The summed E-state index contributed by atoms with van der Waals surface area (Å²) in [7, 11) is 3.51. The smallest absolute Gasteiger partial charge is 0.409 e. The highest BCUT2D eigenvalue weighted by Gasteiger charge is 2.51. The van der Waals surface area contributed by atoms with Crippen LogP contribution in [0.25, 0.3) is 5.57 Å². The van der Waals surface area contributed by atoms with Crippen molar-refractivity contribution in [3.05, 3.63) is 83.1 Å². The third-order valence-corrected chi connectivity index (χ3v) is 9.54. The fourth-order valence-corrected chi connectivity index (χ4v) is 6.57. The van der Waals surface area contributed by atoms with Gasteiger partial charge in [0.1, 0.15) is 5.60 Å². The average molecular weight is 666 g/mol. The number of imidazole rings is 1. The van der Waals surface area contributed by atoms with Crippen LogP contribution in [-0.4, -0.2) is 58.9 Å². The first-order valence-electron chi connectivity index (χ1n) is 16.5. The highest BCUT2D eigenvalue weighted by atomic mass is 35.5. The molecule has 256 valence electrons. The van der Waals surface area contributed by atoms with Crippen molar-refractivity contribution in [1.29, 1.82) is 0 Å². The molecule has 2 aromatic rings. The van der Waals surface area contributed by atoms with Crippen molar-refractivity contribution < 1.29 is 19.1 Å². The largest absolute Gasteiger partial charge is 0.449 e. The second kappa shape index (κ2) is 15.6. The SMILES string of the molecule is C=C(CC(NC(=O)C1(OC)CC1)c1cncn1C)c1cc(Cl)ccc1C(C/C(C)=C\C=C/N)C1CCN(C(=O)OCC(C)(C)C)CC1. The van der Waals surface area contributed by atoms with E-state index in [4.69, 9.17) is 26.8 Å². The highest BCUT2D eigenvalue weighted by Crippen LogP contribution is 2.43. The van der Waals surface area contributed by atoms with Gasteiger partial charge in [0.05, 0.1) is 30.9 Å². The van der Waals surface area contributed by atoms with Crippen LogP contribution in [0.3, 0.4) is 0 Å². The van der Waals surface area contributed by atoms with Gasteiger partial charge in [-0.1, -0.05) is 56.7 Å². The maximum absolute atomic E-state index is 13.3. The molecule has 2 atom stereocenters. The van der Waals surface area contributed by atoms with Crippen molar-refractivity contribution in [1.82, 2.24) is 19.8 Å². The van der Waals surface area contributed by atoms with Crippen molar-refractivity contribution in [2.75, 3.05) is 26.8 Å². The Morgan fingerprint density at radius 3 is 2.51 bits per heavy atom. The van der Waals surface area contributed by atoms with E-state index in [0.29, 0.717) is 49.9 Å². The summed E-state index contributed by atoms with van der Waals surface area (Å²) in [4.78, 5) is 32.3. The Hall–Kier alpha value is -3.56. The zero-order valence-corrected chi connectivity index (χ0v) is 29.6. The number of benzene rings is 1. The summed E-state index contributed by atoms with van der Waals surface area (Å²) in [5.74, 6) is 0.329. The van der Waals surface area contributed by atoms with E-state index in [1.54, 1.807) is 19.6 Å². The highest BCUT2D eigenvalue weighted by molar-refractivity contribution is 6.30. The van der Waals surface area contributed by atoms with Crippen LogP contribution in [0, 0.1) is 11.3 Å². The van der Waals surface area contributed by atoms with E-state index in [9.17, 15) is 9.59 Å². The quantitative estimate of drug-likeness (QED) is 0.217. The van der Waals surface area contributed by atoms with Gasteiger partial charge in [0.15, 0.2) is 0 Å². The van der Waals surface area contributed by atoms with Gasteiger partial charge in [-0.05, 0) is 104 Å². The fraction of sp³-hybridized carbons (Fsp3) is 0.541. The molecule has 2 fully saturated rings. The Morgan fingerprint density at radius 1 is 1.23 bits per heavy atom. The first kappa shape index (κ1) is 36.3. The number of carbonyl (C=O) groups excluding carboxylic acids is 2. The van der Waals surface area contributed by atoms with Gasteiger partial charge >= 0.3 is 6.09 Å². The zero-order valence-electron chi connectivity index (χ0n) is 28.9. The molecule has 2 amide bonds. The minimum Gasteiger partial charge on any atom is -0.449 e. The van der Waals surface area contributed by atoms with Crippen LogP contribution in [0.5, 0.6) is 0 Å². The number of carbonyl (C=O) groups is 2. The van der Waals surface area contributed by atoms with E-state index >= 15 is 0 Å². The molecule has 0 bridgehead atoms. The van der Waals surface area contributed by atoms with E-state index in [-0.39, 0.29) is 29.4 Å². The normalized spacial score (nSPS) is 18.2. The number of rotatable bonds is 13. The lowest BCUT2D eigenvalue weighted by molar-refractivity contribution is -0.134. The fourth-order valence-electron chi connectivity index (χ4n) is 6.39. The number of halogens is 1. The number of aryl methyl sites for hydroxylation is 1. The number of ether oxygens (including phenoxy) is 2. The molecule has 4 rings (SSSR count). The number of piperidine rings is 1. The molecular formula is C37H52ClN5O4. The molecule has 47 heavy (non-hydrogen) atoms. The molecule has 1 aromatic carbocycles. The molecule has 10 heteroatoms. The summed E-state index contributed by atoms with van der Waals surface area (Å²) in [6, 6.07) is 5.68. The summed E-state index contributed by atoms with van der Waals surface area (Å²) in [5.41, 5.74) is 9.89. The van der Waals surface area contributed by atoms with Crippen LogP contribution >= 0.6 is 11.6 Å². The molecule has 1 saturated heterocycles. The van der Waals surface area contributed by atoms with Gasteiger partial charge in [-0.15, -0.1) is 0 Å². The van der Waals surface area contributed by atoms with Gasteiger partial charge in [-0.3, -0.25) is 4.79 Å². The van der Waals surface area contributed by atoms with Crippen LogP contribution in [0.1, 0.15) is 95.0 Å². The summed E-state index contributed by atoms with van der Waals surface area (Å²) >= 11 is 6.64. The van der Waals surface area contributed by atoms with Crippen LogP contribution in [0.15, 0.2) is 61.2 Å². The van der Waals surface area contributed by atoms with Crippen molar-refractivity contribution in [3.63, 3.8) is 0 Å². The van der Waals surface area contributed by atoms with Crippen LogP contribution in [-0.2, 0) is 21.3 Å². The molecule has 0 radical (unpaired) electrons. The minimum atomic E-state index is -0.764. The minimum absolute atomic E-state index is 0.0874. The number of nitrogens with zero attached hydrogens (tertiary/aromatic N) is 3. The van der Waals surface area contributed by atoms with Gasteiger partial charge in [0.2, 0.25) is 0 Å². The molecule has 9 nitrogen and oxygen atoms in total. The van der Waals surface area contributed by atoms with Gasteiger partial charge in [-0.25, -0.2) is 9.78 Å². The lowest BCUT2D eigenvalue weighted by Crippen LogP contribution is -2.41. The molecule has 1 aromatic heterocycles. The predicted molar refractivity (Wildman–Crippen MR) is 188 cm³/mol.